The highest BCUT2D eigenvalue weighted by Crippen LogP contribution is 2.64. The number of hydrogen-bond acceptors (Lipinski definition) is 6. The first kappa shape index (κ1) is 18.6. The fourth-order valence-corrected chi connectivity index (χ4v) is 6.88. The van der Waals surface area contributed by atoms with Crippen LogP contribution in [0.1, 0.15) is 65.2 Å². The van der Waals surface area contributed by atoms with Gasteiger partial charge in [0, 0.05) is 24.2 Å². The van der Waals surface area contributed by atoms with Crippen LogP contribution in [0, 0.1) is 34.5 Å². The quantitative estimate of drug-likeness (QED) is 0.326. The van der Waals surface area contributed by atoms with Gasteiger partial charge in [0.1, 0.15) is 11.6 Å². The lowest BCUT2D eigenvalue weighted by atomic mass is 9.45. The van der Waals surface area contributed by atoms with Gasteiger partial charge in [-0.3, -0.25) is 14.4 Å². The molecular formula is C21H29NO5. The predicted molar refractivity (Wildman–Crippen MR) is 97.7 cm³/mol. The summed E-state index contributed by atoms with van der Waals surface area (Å²) in [6.07, 6.45) is 6.67. The van der Waals surface area contributed by atoms with E-state index in [9.17, 15) is 14.4 Å². The molecule has 4 unspecified atom stereocenters. The van der Waals surface area contributed by atoms with Crippen molar-refractivity contribution in [3.8, 4) is 0 Å². The maximum absolute atomic E-state index is 13.1. The molecule has 6 nitrogen and oxygen atoms in total. The number of hydrogen-bond donors (Lipinski definition) is 0. The molecule has 0 aliphatic heterocycles. The van der Waals surface area contributed by atoms with Gasteiger partial charge < -0.3 is 9.57 Å². The Balaban J connectivity index is 1.53. The van der Waals surface area contributed by atoms with E-state index in [1.807, 2.05) is 0 Å². The van der Waals surface area contributed by atoms with Crippen molar-refractivity contribution >= 4 is 23.8 Å². The first-order valence-corrected chi connectivity index (χ1v) is 10.2. The minimum Gasteiger partial charge on any atom is -0.428 e. The van der Waals surface area contributed by atoms with Crippen LogP contribution in [0.4, 0.5) is 0 Å². The normalized spacial score (nSPS) is 45.0. The zero-order chi connectivity index (χ0) is 19.2. The van der Waals surface area contributed by atoms with Crippen LogP contribution >= 0.6 is 0 Å². The van der Waals surface area contributed by atoms with E-state index in [0.717, 1.165) is 37.8 Å². The van der Waals surface area contributed by atoms with E-state index in [4.69, 9.17) is 4.84 Å². The molecule has 4 rings (SSSR count). The lowest BCUT2D eigenvalue weighted by Crippen LogP contribution is -2.56. The van der Waals surface area contributed by atoms with E-state index in [-0.39, 0.29) is 23.5 Å². The Labute approximate surface area is 160 Å². The summed E-state index contributed by atoms with van der Waals surface area (Å²) in [6.45, 7) is 4.57. The third-order valence-electron chi connectivity index (χ3n) is 8.39. The Morgan fingerprint density at radius 2 is 1.93 bits per heavy atom. The second-order valence-electron chi connectivity index (χ2n) is 9.40. The fourth-order valence-electron chi connectivity index (χ4n) is 6.88. The molecule has 0 N–H and O–H groups in total. The van der Waals surface area contributed by atoms with Crippen molar-refractivity contribution in [1.29, 1.82) is 0 Å². The molecule has 0 heterocycles. The van der Waals surface area contributed by atoms with Crippen molar-refractivity contribution in [2.45, 2.75) is 65.2 Å². The van der Waals surface area contributed by atoms with Gasteiger partial charge in [-0.05, 0) is 61.7 Å². The Kier molecular flexibility index (Phi) is 4.63. The largest absolute Gasteiger partial charge is 0.428 e. The van der Waals surface area contributed by atoms with Crippen LogP contribution in [0.15, 0.2) is 5.16 Å². The van der Waals surface area contributed by atoms with Gasteiger partial charge in [-0.25, -0.2) is 0 Å². The van der Waals surface area contributed by atoms with Gasteiger partial charge >= 0.3 is 0 Å². The van der Waals surface area contributed by atoms with Gasteiger partial charge in [-0.1, -0.05) is 19.0 Å². The second kappa shape index (κ2) is 6.71. The molecule has 6 heteroatoms. The molecule has 0 aromatic heterocycles. The second-order valence-corrected chi connectivity index (χ2v) is 9.40. The highest BCUT2D eigenvalue weighted by Gasteiger charge is 2.62. The Morgan fingerprint density at radius 1 is 1.11 bits per heavy atom. The maximum Gasteiger partial charge on any atom is 0.296 e. The van der Waals surface area contributed by atoms with Crippen molar-refractivity contribution < 1.29 is 24.0 Å². The van der Waals surface area contributed by atoms with E-state index in [2.05, 4.69) is 23.7 Å². The number of oxime groups is 1. The van der Waals surface area contributed by atoms with Gasteiger partial charge in [0.05, 0.1) is 5.71 Å². The molecule has 4 aliphatic rings. The zero-order valence-electron chi connectivity index (χ0n) is 16.2. The van der Waals surface area contributed by atoms with Crippen LogP contribution in [0.25, 0.3) is 0 Å². The standard InChI is InChI=1S/C21H29NO5/c1-20-7-5-13(22-27-12-26-11-23)9-17(20)18(24)10-14-15-3-4-19(25)21(15,2)8-6-16(14)20/h11,14-17H,3-10,12H2,1-2H3/b22-13+/t14?,15?,16?,17?,20-,21+/m1/s1. The van der Waals surface area contributed by atoms with E-state index in [0.29, 0.717) is 55.1 Å². The van der Waals surface area contributed by atoms with Gasteiger partial charge in [-0.15, -0.1) is 0 Å². The van der Waals surface area contributed by atoms with Crippen molar-refractivity contribution in [1.82, 2.24) is 0 Å². The van der Waals surface area contributed by atoms with Gasteiger partial charge in [0.2, 0.25) is 0 Å². The topological polar surface area (TPSA) is 82.0 Å². The van der Waals surface area contributed by atoms with Crippen LogP contribution in [-0.2, 0) is 24.0 Å². The monoisotopic (exact) mass is 375 g/mol. The fraction of sp³-hybridized carbons (Fsp3) is 0.810. The van der Waals surface area contributed by atoms with Crippen molar-refractivity contribution in [3.05, 3.63) is 0 Å². The van der Waals surface area contributed by atoms with E-state index < -0.39 is 0 Å². The highest BCUT2D eigenvalue weighted by atomic mass is 16.7. The van der Waals surface area contributed by atoms with E-state index in [1.54, 1.807) is 0 Å². The number of rotatable bonds is 4. The molecule has 0 spiro atoms. The summed E-state index contributed by atoms with van der Waals surface area (Å²) in [5.74, 6) is 2.00. The number of nitrogens with zero attached hydrogens (tertiary/aromatic N) is 1. The summed E-state index contributed by atoms with van der Waals surface area (Å²) >= 11 is 0. The van der Waals surface area contributed by atoms with Crippen LogP contribution in [-0.4, -0.2) is 30.5 Å². The van der Waals surface area contributed by atoms with Crippen LogP contribution < -0.4 is 0 Å². The molecular weight excluding hydrogens is 346 g/mol. The molecule has 0 aromatic rings. The highest BCUT2D eigenvalue weighted by molar-refractivity contribution is 5.93. The summed E-state index contributed by atoms with van der Waals surface area (Å²) in [4.78, 5) is 40.8. The maximum atomic E-state index is 13.1. The summed E-state index contributed by atoms with van der Waals surface area (Å²) in [6, 6.07) is 0. The van der Waals surface area contributed by atoms with Crippen molar-refractivity contribution in [2.24, 2.45) is 39.7 Å². The molecule has 0 aromatic carbocycles. The first-order valence-electron chi connectivity index (χ1n) is 10.2. The molecule has 0 saturated heterocycles. The van der Waals surface area contributed by atoms with Crippen LogP contribution in [0.3, 0.4) is 0 Å². The molecule has 0 bridgehead atoms. The average Bonchev–Trinajstić information content (AvgIpc) is 2.95. The average molecular weight is 375 g/mol. The number of ether oxygens (including phenoxy) is 1. The van der Waals surface area contributed by atoms with Crippen LogP contribution in [0.2, 0.25) is 0 Å². The van der Waals surface area contributed by atoms with Crippen LogP contribution in [0.5, 0.6) is 0 Å². The molecule has 148 valence electrons. The number of fused-ring (bicyclic) bond motifs is 5. The van der Waals surface area contributed by atoms with E-state index >= 15 is 0 Å². The van der Waals surface area contributed by atoms with Gasteiger partial charge in [-0.2, -0.15) is 0 Å². The Morgan fingerprint density at radius 3 is 2.70 bits per heavy atom. The third-order valence-corrected chi connectivity index (χ3v) is 8.39. The minimum absolute atomic E-state index is 0.00865. The number of carbonyl (C=O) groups excluding carboxylic acids is 3. The molecule has 0 amide bonds. The molecule has 4 fully saturated rings. The minimum atomic E-state index is -0.196. The molecule has 4 aliphatic carbocycles. The SMILES string of the molecule is C[C@]12CC/C(=N\OCOC=O)CC1C(=O)CC1C2CC[C@]2(C)C(=O)CCC12. The van der Waals surface area contributed by atoms with Crippen molar-refractivity contribution in [3.63, 3.8) is 0 Å². The molecule has 4 saturated carbocycles. The number of carbonyl (C=O) groups is 3. The number of Topliss-reactive ketones (excluding diaryl/α,β-unsaturated/α-hetero) is 2. The lowest BCUT2D eigenvalue weighted by molar-refractivity contribution is -0.152. The summed E-state index contributed by atoms with van der Waals surface area (Å²) < 4.78 is 4.50. The molecule has 0 radical (unpaired) electrons. The lowest BCUT2D eigenvalue weighted by Gasteiger charge is -2.58. The Hall–Kier alpha value is -1.72. The summed E-state index contributed by atoms with van der Waals surface area (Å²) in [5, 5.41) is 4.09. The van der Waals surface area contributed by atoms with Crippen molar-refractivity contribution in [2.75, 3.05) is 6.79 Å². The molecule has 27 heavy (non-hydrogen) atoms. The summed E-state index contributed by atoms with van der Waals surface area (Å²) in [7, 11) is 0. The Bertz CT molecular complexity index is 688. The van der Waals surface area contributed by atoms with Gasteiger partial charge in [0.25, 0.3) is 13.3 Å². The smallest absolute Gasteiger partial charge is 0.296 e. The predicted octanol–water partition coefficient (Wildman–Crippen LogP) is 3.28. The van der Waals surface area contributed by atoms with E-state index in [1.165, 1.54) is 0 Å². The first-order chi connectivity index (χ1) is 12.9. The zero-order valence-corrected chi connectivity index (χ0v) is 16.2. The number of ketones is 2. The third kappa shape index (κ3) is 2.83. The van der Waals surface area contributed by atoms with Gasteiger partial charge in [0.15, 0.2) is 0 Å². The molecule has 6 atom stereocenters. The summed E-state index contributed by atoms with van der Waals surface area (Å²) in [5.41, 5.74) is 0.680.